The topological polar surface area (TPSA) is 46.3 Å². The van der Waals surface area contributed by atoms with Gasteiger partial charge in [-0.15, -0.1) is 0 Å². The number of carbonyl (C=O) groups excluding carboxylic acids is 1. The number of aryl methyl sites for hydroxylation is 1. The second-order valence-electron chi connectivity index (χ2n) is 5.16. The zero-order valence-corrected chi connectivity index (χ0v) is 12.0. The fourth-order valence-corrected chi connectivity index (χ4v) is 2.07. The predicted octanol–water partition coefficient (Wildman–Crippen LogP) is 2.78. The number of nitrogens with two attached hydrogens (primary N) is 1. The maximum Gasteiger partial charge on any atom is 0.227 e. The van der Waals surface area contributed by atoms with Crippen molar-refractivity contribution in [3.63, 3.8) is 0 Å². The molecule has 0 spiro atoms. The van der Waals surface area contributed by atoms with E-state index in [9.17, 15) is 4.79 Å². The molecule has 3 nitrogen and oxygen atoms in total. The SMILES string of the molecule is Cc1ccc(CC(=O)N(C)Cc2cccc(N)c2)cc1. The first-order valence-corrected chi connectivity index (χ1v) is 6.68. The molecule has 0 heterocycles. The van der Waals surface area contributed by atoms with E-state index in [4.69, 9.17) is 5.73 Å². The number of carbonyl (C=O) groups is 1. The van der Waals surface area contributed by atoms with Crippen molar-refractivity contribution >= 4 is 11.6 Å². The van der Waals surface area contributed by atoms with Crippen LogP contribution in [-0.4, -0.2) is 17.9 Å². The van der Waals surface area contributed by atoms with Gasteiger partial charge in [0.25, 0.3) is 0 Å². The molecule has 0 saturated carbocycles. The lowest BCUT2D eigenvalue weighted by Gasteiger charge is -2.17. The number of rotatable bonds is 4. The van der Waals surface area contributed by atoms with Crippen molar-refractivity contribution in [2.24, 2.45) is 0 Å². The smallest absolute Gasteiger partial charge is 0.227 e. The van der Waals surface area contributed by atoms with Gasteiger partial charge in [0.1, 0.15) is 0 Å². The fourth-order valence-electron chi connectivity index (χ4n) is 2.07. The summed E-state index contributed by atoms with van der Waals surface area (Å²) in [7, 11) is 1.82. The number of benzene rings is 2. The average Bonchev–Trinajstić information content (AvgIpc) is 2.41. The van der Waals surface area contributed by atoms with Crippen LogP contribution in [0.4, 0.5) is 5.69 Å². The summed E-state index contributed by atoms with van der Waals surface area (Å²) in [6, 6.07) is 15.7. The van der Waals surface area contributed by atoms with Crippen LogP contribution in [-0.2, 0) is 17.8 Å². The van der Waals surface area contributed by atoms with Gasteiger partial charge in [0.15, 0.2) is 0 Å². The van der Waals surface area contributed by atoms with Gasteiger partial charge in [0.05, 0.1) is 6.42 Å². The van der Waals surface area contributed by atoms with Crippen molar-refractivity contribution in [2.45, 2.75) is 19.9 Å². The van der Waals surface area contributed by atoms with Crippen LogP contribution < -0.4 is 5.73 Å². The number of nitrogen functional groups attached to an aromatic ring is 1. The Bertz CT molecular complexity index is 590. The largest absolute Gasteiger partial charge is 0.399 e. The van der Waals surface area contributed by atoms with Gasteiger partial charge in [0.2, 0.25) is 5.91 Å². The second kappa shape index (κ2) is 6.24. The molecule has 0 fully saturated rings. The van der Waals surface area contributed by atoms with Gasteiger partial charge in [0, 0.05) is 19.3 Å². The molecule has 0 aliphatic carbocycles. The van der Waals surface area contributed by atoms with E-state index in [1.54, 1.807) is 4.90 Å². The molecule has 0 saturated heterocycles. The highest BCUT2D eigenvalue weighted by Gasteiger charge is 2.10. The standard InChI is InChI=1S/C17H20N2O/c1-13-6-8-14(9-7-13)11-17(20)19(2)12-15-4-3-5-16(18)10-15/h3-10H,11-12,18H2,1-2H3. The van der Waals surface area contributed by atoms with E-state index in [1.807, 2.05) is 62.5 Å². The van der Waals surface area contributed by atoms with Crippen LogP contribution in [0.2, 0.25) is 0 Å². The zero-order valence-electron chi connectivity index (χ0n) is 12.0. The van der Waals surface area contributed by atoms with E-state index in [1.165, 1.54) is 5.56 Å². The van der Waals surface area contributed by atoms with Crippen LogP contribution in [0, 0.1) is 6.92 Å². The maximum absolute atomic E-state index is 12.2. The molecule has 2 aromatic rings. The summed E-state index contributed by atoms with van der Waals surface area (Å²) in [6.45, 7) is 2.62. The minimum absolute atomic E-state index is 0.108. The molecule has 1 amide bonds. The molecular formula is C17H20N2O. The van der Waals surface area contributed by atoms with Crippen molar-refractivity contribution in [3.05, 3.63) is 65.2 Å². The van der Waals surface area contributed by atoms with Crippen LogP contribution in [0.25, 0.3) is 0 Å². The molecule has 0 aliphatic heterocycles. The molecule has 0 aliphatic rings. The fraction of sp³-hybridized carbons (Fsp3) is 0.235. The molecule has 0 bridgehead atoms. The highest BCUT2D eigenvalue weighted by molar-refractivity contribution is 5.78. The van der Waals surface area contributed by atoms with Crippen LogP contribution in [0.5, 0.6) is 0 Å². The van der Waals surface area contributed by atoms with Crippen molar-refractivity contribution in [1.29, 1.82) is 0 Å². The maximum atomic E-state index is 12.2. The summed E-state index contributed by atoms with van der Waals surface area (Å²) in [6.07, 6.45) is 0.430. The molecule has 2 aromatic carbocycles. The van der Waals surface area contributed by atoms with Gasteiger partial charge in [-0.1, -0.05) is 42.0 Å². The Labute approximate surface area is 120 Å². The molecule has 2 rings (SSSR count). The number of amides is 1. The number of anilines is 1. The average molecular weight is 268 g/mol. The summed E-state index contributed by atoms with van der Waals surface area (Å²) in [5.41, 5.74) is 9.76. The third-order valence-electron chi connectivity index (χ3n) is 3.27. The van der Waals surface area contributed by atoms with Crippen LogP contribution in [0.3, 0.4) is 0 Å². The highest BCUT2D eigenvalue weighted by atomic mass is 16.2. The summed E-state index contributed by atoms with van der Waals surface area (Å²) in [4.78, 5) is 13.9. The van der Waals surface area contributed by atoms with Crippen molar-refractivity contribution in [3.8, 4) is 0 Å². The highest BCUT2D eigenvalue weighted by Crippen LogP contribution is 2.10. The van der Waals surface area contributed by atoms with Gasteiger partial charge in [-0.25, -0.2) is 0 Å². The summed E-state index contributed by atoms with van der Waals surface area (Å²) in [5, 5.41) is 0. The molecule has 0 radical (unpaired) electrons. The van der Waals surface area contributed by atoms with Crippen LogP contribution in [0.15, 0.2) is 48.5 Å². The molecular weight excluding hydrogens is 248 g/mol. The molecule has 3 heteroatoms. The van der Waals surface area contributed by atoms with E-state index in [0.29, 0.717) is 13.0 Å². The second-order valence-corrected chi connectivity index (χ2v) is 5.16. The van der Waals surface area contributed by atoms with Gasteiger partial charge in [-0.3, -0.25) is 4.79 Å². The van der Waals surface area contributed by atoms with E-state index in [2.05, 4.69) is 0 Å². The lowest BCUT2D eigenvalue weighted by atomic mass is 10.1. The van der Waals surface area contributed by atoms with Gasteiger partial charge >= 0.3 is 0 Å². The Morgan fingerprint density at radius 2 is 1.80 bits per heavy atom. The Morgan fingerprint density at radius 3 is 2.45 bits per heavy atom. The molecule has 0 aromatic heterocycles. The van der Waals surface area contributed by atoms with Gasteiger partial charge in [-0.2, -0.15) is 0 Å². The molecule has 0 unspecified atom stereocenters. The predicted molar refractivity (Wildman–Crippen MR) is 82.2 cm³/mol. The number of nitrogens with zero attached hydrogens (tertiary/aromatic N) is 1. The van der Waals surface area contributed by atoms with Crippen LogP contribution >= 0.6 is 0 Å². The molecule has 0 atom stereocenters. The van der Waals surface area contributed by atoms with Gasteiger partial charge in [-0.05, 0) is 30.2 Å². The third-order valence-corrected chi connectivity index (χ3v) is 3.27. The Kier molecular flexibility index (Phi) is 4.41. The number of likely N-dealkylation sites (N-methyl/N-ethyl adjacent to an activating group) is 1. The minimum Gasteiger partial charge on any atom is -0.399 e. The molecule has 104 valence electrons. The quantitative estimate of drug-likeness (QED) is 0.867. The monoisotopic (exact) mass is 268 g/mol. The Balaban J connectivity index is 1.96. The summed E-state index contributed by atoms with van der Waals surface area (Å²) < 4.78 is 0. The Morgan fingerprint density at radius 1 is 1.10 bits per heavy atom. The van der Waals surface area contributed by atoms with Crippen molar-refractivity contribution in [2.75, 3.05) is 12.8 Å². The zero-order chi connectivity index (χ0) is 14.5. The molecule has 20 heavy (non-hydrogen) atoms. The van der Waals surface area contributed by atoms with Crippen LogP contribution in [0.1, 0.15) is 16.7 Å². The first-order valence-electron chi connectivity index (χ1n) is 6.68. The normalized spacial score (nSPS) is 10.3. The lowest BCUT2D eigenvalue weighted by Crippen LogP contribution is -2.27. The van der Waals surface area contributed by atoms with Crippen molar-refractivity contribution in [1.82, 2.24) is 4.90 Å². The first kappa shape index (κ1) is 14.1. The van der Waals surface area contributed by atoms with E-state index in [-0.39, 0.29) is 5.91 Å². The van der Waals surface area contributed by atoms with E-state index >= 15 is 0 Å². The lowest BCUT2D eigenvalue weighted by molar-refractivity contribution is -0.129. The number of hydrogen-bond acceptors (Lipinski definition) is 2. The van der Waals surface area contributed by atoms with Gasteiger partial charge < -0.3 is 10.6 Å². The summed E-state index contributed by atoms with van der Waals surface area (Å²) >= 11 is 0. The van der Waals surface area contributed by atoms with E-state index < -0.39 is 0 Å². The summed E-state index contributed by atoms with van der Waals surface area (Å²) in [5.74, 6) is 0.108. The minimum atomic E-state index is 0.108. The van der Waals surface area contributed by atoms with E-state index in [0.717, 1.165) is 16.8 Å². The Hall–Kier alpha value is -2.29. The number of hydrogen-bond donors (Lipinski definition) is 1. The third kappa shape index (κ3) is 3.85. The first-order chi connectivity index (χ1) is 9.54. The molecule has 2 N–H and O–H groups in total. The van der Waals surface area contributed by atoms with Crippen molar-refractivity contribution < 1.29 is 4.79 Å².